The molecule has 0 spiro atoms. The standard InChI is InChI=1S/C4H6ClN3O7S/c5-1-2(16)3(9)4(6(10)11,7(12)13)8(14)15/h2-3,9,16H,1H2. The van der Waals surface area contributed by atoms with Crippen molar-refractivity contribution in [3.8, 4) is 0 Å². The number of hydrogen-bond acceptors (Lipinski definition) is 8. The van der Waals surface area contributed by atoms with Crippen LogP contribution in [0.3, 0.4) is 0 Å². The van der Waals surface area contributed by atoms with E-state index >= 15 is 0 Å². The summed E-state index contributed by atoms with van der Waals surface area (Å²) < 4.78 is 0. The molecule has 0 aliphatic rings. The smallest absolute Gasteiger partial charge is 0.372 e. The second-order valence-corrected chi connectivity index (χ2v) is 3.60. The molecule has 1 N–H and O–H groups in total. The van der Waals surface area contributed by atoms with Gasteiger partial charge in [-0.2, -0.15) is 12.6 Å². The highest BCUT2D eigenvalue weighted by molar-refractivity contribution is 7.81. The van der Waals surface area contributed by atoms with E-state index in [0.717, 1.165) is 0 Å². The summed E-state index contributed by atoms with van der Waals surface area (Å²) in [7, 11) is 0. The Labute approximate surface area is 98.0 Å². The van der Waals surface area contributed by atoms with Crippen molar-refractivity contribution in [3.05, 3.63) is 30.3 Å². The lowest BCUT2D eigenvalue weighted by Gasteiger charge is -2.17. The number of nitrogens with zero attached hydrogens (tertiary/aromatic N) is 3. The van der Waals surface area contributed by atoms with Gasteiger partial charge >= 0.3 is 5.79 Å². The molecular formula is C4H6ClN3O7S. The summed E-state index contributed by atoms with van der Waals surface area (Å²) in [6.07, 6.45) is -2.56. The average Bonchev–Trinajstić information content (AvgIpc) is 2.15. The van der Waals surface area contributed by atoms with E-state index in [2.05, 4.69) is 12.6 Å². The SMILES string of the molecule is O=[N+]([O-])C(C(O)C(S)CCl)([N+](=O)[O-])[N+](=O)[O-]. The van der Waals surface area contributed by atoms with Crippen molar-refractivity contribution >= 4 is 24.2 Å². The molecule has 16 heavy (non-hydrogen) atoms. The fraction of sp³-hybridized carbons (Fsp3) is 1.00. The molecule has 0 aliphatic heterocycles. The van der Waals surface area contributed by atoms with Crippen LogP contribution in [0.5, 0.6) is 0 Å². The maximum Gasteiger partial charge on any atom is 0.727 e. The van der Waals surface area contributed by atoms with E-state index in [4.69, 9.17) is 11.6 Å². The van der Waals surface area contributed by atoms with E-state index < -0.39 is 37.8 Å². The molecule has 12 heteroatoms. The molecule has 0 aromatic heterocycles. The maximum absolute atomic E-state index is 10.5. The number of halogens is 1. The molecule has 0 radical (unpaired) electrons. The van der Waals surface area contributed by atoms with Crippen LogP contribution in [0.4, 0.5) is 0 Å². The summed E-state index contributed by atoms with van der Waals surface area (Å²) in [4.78, 5) is 26.0. The zero-order valence-electron chi connectivity index (χ0n) is 7.43. The number of alkyl halides is 1. The Bertz CT molecular complexity index is 289. The second kappa shape index (κ2) is 5.23. The van der Waals surface area contributed by atoms with Crippen LogP contribution in [-0.4, -0.2) is 42.9 Å². The zero-order chi connectivity index (χ0) is 13.1. The summed E-state index contributed by atoms with van der Waals surface area (Å²) in [5.41, 5.74) is 0. The molecule has 0 saturated heterocycles. The van der Waals surface area contributed by atoms with Gasteiger partial charge in [0.25, 0.3) is 6.10 Å². The topological polar surface area (TPSA) is 150 Å². The van der Waals surface area contributed by atoms with E-state index in [1.165, 1.54) is 0 Å². The molecule has 0 rings (SSSR count). The van der Waals surface area contributed by atoms with Gasteiger partial charge in [0.2, 0.25) is 0 Å². The van der Waals surface area contributed by atoms with E-state index in [-0.39, 0.29) is 0 Å². The van der Waals surface area contributed by atoms with Gasteiger partial charge < -0.3 is 5.11 Å². The number of rotatable bonds is 6. The first kappa shape index (κ1) is 14.8. The van der Waals surface area contributed by atoms with Crippen LogP contribution >= 0.6 is 24.2 Å². The summed E-state index contributed by atoms with van der Waals surface area (Å²) in [5.74, 6) is -4.48. The summed E-state index contributed by atoms with van der Waals surface area (Å²) in [6, 6.07) is 0. The van der Waals surface area contributed by atoms with Crippen LogP contribution in [0.1, 0.15) is 0 Å². The van der Waals surface area contributed by atoms with Gasteiger partial charge in [-0.1, -0.05) is 0 Å². The second-order valence-electron chi connectivity index (χ2n) is 2.63. The highest BCUT2D eigenvalue weighted by atomic mass is 35.5. The molecular weight excluding hydrogens is 270 g/mol. The molecule has 0 aromatic carbocycles. The van der Waals surface area contributed by atoms with Crippen LogP contribution < -0.4 is 0 Å². The maximum atomic E-state index is 10.5. The molecule has 0 bridgehead atoms. The summed E-state index contributed by atoms with van der Waals surface area (Å²) in [5, 5.41) is 39.1. The Morgan fingerprint density at radius 1 is 1.19 bits per heavy atom. The Kier molecular flexibility index (Phi) is 4.83. The summed E-state index contributed by atoms with van der Waals surface area (Å²) >= 11 is 8.67. The first-order valence-corrected chi connectivity index (χ1v) is 4.63. The monoisotopic (exact) mass is 275 g/mol. The highest BCUT2D eigenvalue weighted by Gasteiger charge is 2.77. The van der Waals surface area contributed by atoms with E-state index in [1.807, 2.05) is 0 Å². The Morgan fingerprint density at radius 2 is 1.50 bits per heavy atom. The van der Waals surface area contributed by atoms with Gasteiger partial charge in [0.15, 0.2) is 14.8 Å². The van der Waals surface area contributed by atoms with Crippen molar-refractivity contribution in [2.45, 2.75) is 17.1 Å². The fourth-order valence-electron chi connectivity index (χ4n) is 0.866. The number of aliphatic hydroxyl groups excluding tert-OH is 1. The van der Waals surface area contributed by atoms with Crippen molar-refractivity contribution in [2.75, 3.05) is 5.88 Å². The number of hydrogen-bond donors (Lipinski definition) is 2. The third-order valence-electron chi connectivity index (χ3n) is 1.73. The molecule has 0 aliphatic carbocycles. The minimum Gasteiger partial charge on any atom is -0.372 e. The third-order valence-corrected chi connectivity index (χ3v) is 2.74. The van der Waals surface area contributed by atoms with E-state index in [0.29, 0.717) is 0 Å². The quantitative estimate of drug-likeness (QED) is 0.215. The number of nitro groups is 3. The first-order valence-electron chi connectivity index (χ1n) is 3.58. The number of aliphatic hydroxyl groups is 1. The van der Waals surface area contributed by atoms with Gasteiger partial charge in [-0.15, -0.1) is 11.6 Å². The van der Waals surface area contributed by atoms with Gasteiger partial charge in [-0.3, -0.25) is 30.3 Å². The lowest BCUT2D eigenvalue weighted by atomic mass is 10.1. The normalized spacial score (nSPS) is 15.2. The summed E-state index contributed by atoms with van der Waals surface area (Å²) in [6.45, 7) is 0. The third kappa shape index (κ3) is 2.15. The largest absolute Gasteiger partial charge is 0.727 e. The van der Waals surface area contributed by atoms with E-state index in [9.17, 15) is 35.4 Å². The molecule has 2 atom stereocenters. The lowest BCUT2D eigenvalue weighted by molar-refractivity contribution is -0.977. The molecule has 92 valence electrons. The van der Waals surface area contributed by atoms with Crippen molar-refractivity contribution in [3.63, 3.8) is 0 Å². The van der Waals surface area contributed by atoms with E-state index in [1.54, 1.807) is 0 Å². The number of thiol groups is 1. The predicted octanol–water partition coefficient (Wildman–Crippen LogP) is -0.632. The van der Waals surface area contributed by atoms with Crippen molar-refractivity contribution < 1.29 is 19.9 Å². The molecule has 10 nitrogen and oxygen atoms in total. The average molecular weight is 276 g/mol. The van der Waals surface area contributed by atoms with Gasteiger partial charge in [0.05, 0.1) is 5.25 Å². The molecule has 0 heterocycles. The highest BCUT2D eigenvalue weighted by Crippen LogP contribution is 2.23. The molecule has 0 fully saturated rings. The van der Waals surface area contributed by atoms with Crippen LogP contribution in [-0.2, 0) is 0 Å². The Morgan fingerprint density at radius 3 is 1.69 bits per heavy atom. The van der Waals surface area contributed by atoms with Crippen molar-refractivity contribution in [1.82, 2.24) is 0 Å². The molecule has 0 aromatic rings. The fourth-order valence-corrected chi connectivity index (χ4v) is 1.24. The van der Waals surface area contributed by atoms with Gasteiger partial charge in [-0.05, 0) is 0 Å². The molecule has 2 unspecified atom stereocenters. The minimum absolute atomic E-state index is 0.526. The van der Waals surface area contributed by atoms with Gasteiger partial charge in [0.1, 0.15) is 0 Å². The first-order chi connectivity index (χ1) is 7.22. The lowest BCUT2D eigenvalue weighted by Crippen LogP contribution is -2.64. The van der Waals surface area contributed by atoms with Gasteiger partial charge in [-0.25, -0.2) is 0 Å². The van der Waals surface area contributed by atoms with Crippen LogP contribution in [0.15, 0.2) is 0 Å². The Balaban J connectivity index is 5.63. The zero-order valence-corrected chi connectivity index (χ0v) is 9.08. The van der Waals surface area contributed by atoms with Crippen LogP contribution in [0, 0.1) is 30.3 Å². The van der Waals surface area contributed by atoms with Crippen LogP contribution in [0.2, 0.25) is 0 Å². The van der Waals surface area contributed by atoms with Crippen molar-refractivity contribution in [2.24, 2.45) is 0 Å². The van der Waals surface area contributed by atoms with Crippen LogP contribution in [0.25, 0.3) is 0 Å². The molecule has 0 amide bonds. The Hall–Kier alpha value is -1.20. The predicted molar refractivity (Wildman–Crippen MR) is 53.2 cm³/mol. The molecule has 0 saturated carbocycles. The minimum atomic E-state index is -3.96. The van der Waals surface area contributed by atoms with Gasteiger partial charge in [0, 0.05) is 5.88 Å². The van der Waals surface area contributed by atoms with Crippen molar-refractivity contribution in [1.29, 1.82) is 0 Å².